The lowest BCUT2D eigenvalue weighted by molar-refractivity contribution is 0.337. The fraction of sp³-hybridized carbons (Fsp3) is 0.143. The molecule has 1 fully saturated rings. The van der Waals surface area contributed by atoms with Crippen LogP contribution in [0, 0.1) is 6.92 Å². The molecule has 0 radical (unpaired) electrons. The van der Waals surface area contributed by atoms with Crippen molar-refractivity contribution < 1.29 is 16.5 Å². The maximum absolute atomic E-state index is 5.77. The minimum absolute atomic E-state index is 0.765. The molecule has 0 aliphatic carbocycles. The molecule has 1 aliphatic heterocycles. The van der Waals surface area contributed by atoms with E-state index in [1.54, 1.807) is 0 Å². The van der Waals surface area contributed by atoms with Gasteiger partial charge in [0.1, 0.15) is 0 Å². The van der Waals surface area contributed by atoms with Crippen molar-refractivity contribution in [2.24, 2.45) is 0 Å². The van der Waals surface area contributed by atoms with Gasteiger partial charge >= 0.3 is 9.28 Å². The Hall–Kier alpha value is -0.0725. The topological polar surface area (TPSA) is 36.9 Å². The molecule has 1 aromatic rings. The van der Waals surface area contributed by atoms with Gasteiger partial charge in [-0.2, -0.15) is 0 Å². The number of rotatable bonds is 1. The average Bonchev–Trinajstić information content (AvgIpc) is 2.19. The molecule has 0 amide bonds. The van der Waals surface area contributed by atoms with Gasteiger partial charge in [0.2, 0.25) is 0 Å². The average molecular weight is 275 g/mol. The predicted molar refractivity (Wildman–Crippen MR) is 67.9 cm³/mol. The lowest BCUT2D eigenvalue weighted by Gasteiger charge is -2.21. The summed E-state index contributed by atoms with van der Waals surface area (Å²) in [7, 11) is -4.19. The van der Waals surface area contributed by atoms with Crippen LogP contribution in [0.5, 0.6) is 0 Å². The Balaban J connectivity index is 2.10. The quantitative estimate of drug-likeness (QED) is 0.531. The van der Waals surface area contributed by atoms with Crippen LogP contribution in [-0.2, 0) is 16.5 Å². The predicted octanol–water partition coefficient (Wildman–Crippen LogP) is -2.50. The number of benzene rings is 1. The summed E-state index contributed by atoms with van der Waals surface area (Å²) in [6, 6.07) is 8.24. The molecule has 0 atom stereocenters. The summed E-state index contributed by atoms with van der Waals surface area (Å²) in [6.45, 7) is 2.09. The number of aryl methyl sites for hydroxylation is 1. The molecule has 1 aliphatic rings. The van der Waals surface area contributed by atoms with Gasteiger partial charge in [-0.3, -0.25) is 0 Å². The lowest BCUT2D eigenvalue weighted by Crippen LogP contribution is -2.43. The Morgan fingerprint density at radius 1 is 1.00 bits per heavy atom. The van der Waals surface area contributed by atoms with Crippen molar-refractivity contribution in [3.8, 4) is 0 Å². The van der Waals surface area contributed by atoms with Crippen LogP contribution in [-0.4, -0.2) is 39.3 Å². The monoisotopic (exact) mass is 274 g/mol. The summed E-state index contributed by atoms with van der Waals surface area (Å²) in [5.41, 5.74) is 1.25. The van der Waals surface area contributed by atoms with Gasteiger partial charge in [-0.15, -0.1) is 0 Å². The largest absolute Gasteiger partial charge is 0.425 e. The summed E-state index contributed by atoms with van der Waals surface area (Å²) >= 11 is 0. The van der Waals surface area contributed by atoms with Gasteiger partial charge < -0.3 is 16.5 Å². The number of hydrogen-bond acceptors (Lipinski definition) is 4. The Labute approximate surface area is 97.9 Å². The maximum atomic E-state index is 5.77. The summed E-state index contributed by atoms with van der Waals surface area (Å²) in [6.07, 6.45) is 0. The summed E-state index contributed by atoms with van der Waals surface area (Å²) in [4.78, 5) is 0. The standard InChI is InChI=1S/C7H14O4Si4/c1-6-4-2-3-5-7(6)15-10-13-8-12-9-14-11-15/h2-5,15H,12-14H2,1H3. The van der Waals surface area contributed by atoms with Crippen LogP contribution in [0.1, 0.15) is 5.56 Å². The molecule has 0 aromatic heterocycles. The molecule has 0 saturated carbocycles. The zero-order valence-electron chi connectivity index (χ0n) is 8.64. The minimum atomic E-state index is -1.70. The Morgan fingerprint density at radius 2 is 1.67 bits per heavy atom. The third-order valence-corrected chi connectivity index (χ3v) is 9.55. The van der Waals surface area contributed by atoms with Crippen molar-refractivity contribution in [1.29, 1.82) is 0 Å². The van der Waals surface area contributed by atoms with Crippen LogP contribution < -0.4 is 5.19 Å². The molecule has 0 spiro atoms. The van der Waals surface area contributed by atoms with Crippen molar-refractivity contribution in [3.05, 3.63) is 29.8 Å². The number of hydrogen-bond donors (Lipinski definition) is 0. The van der Waals surface area contributed by atoms with Gasteiger partial charge in [-0.05, 0) is 17.7 Å². The molecule has 8 heteroatoms. The van der Waals surface area contributed by atoms with Crippen LogP contribution in [0.2, 0.25) is 0 Å². The molecule has 82 valence electrons. The van der Waals surface area contributed by atoms with Crippen LogP contribution in [0.15, 0.2) is 24.3 Å². The van der Waals surface area contributed by atoms with Gasteiger partial charge in [0.15, 0.2) is 0 Å². The Morgan fingerprint density at radius 3 is 2.33 bits per heavy atom. The second kappa shape index (κ2) is 5.86. The second-order valence-electron chi connectivity index (χ2n) is 3.28. The van der Waals surface area contributed by atoms with E-state index in [-0.39, 0.29) is 0 Å². The second-order valence-corrected chi connectivity index (χ2v) is 11.2. The highest BCUT2D eigenvalue weighted by Crippen LogP contribution is 1.99. The van der Waals surface area contributed by atoms with E-state index in [1.807, 2.05) is 12.1 Å². The van der Waals surface area contributed by atoms with Crippen LogP contribution >= 0.6 is 0 Å². The molecule has 15 heavy (non-hydrogen) atoms. The first kappa shape index (κ1) is 11.4. The minimum Gasteiger partial charge on any atom is -0.425 e. The van der Waals surface area contributed by atoms with Gasteiger partial charge in [-0.25, -0.2) is 0 Å². The van der Waals surface area contributed by atoms with Crippen LogP contribution in [0.25, 0.3) is 0 Å². The summed E-state index contributed by atoms with van der Waals surface area (Å²) in [5.74, 6) is 0. The fourth-order valence-electron chi connectivity index (χ4n) is 1.43. The SMILES string of the molecule is Cc1ccccc1[SiH]1O[SiH2]O[SiH2]O[SiH2]O1. The first-order valence-corrected chi connectivity index (χ1v) is 9.80. The molecule has 2 rings (SSSR count). The normalized spacial score (nSPS) is 27.9. The first-order chi connectivity index (χ1) is 7.38. The molecule has 1 aromatic carbocycles. The molecular formula is C7H14O4Si4. The Bertz CT molecular complexity index is 316. The van der Waals surface area contributed by atoms with Crippen molar-refractivity contribution in [2.75, 3.05) is 0 Å². The van der Waals surface area contributed by atoms with E-state index in [2.05, 4.69) is 19.1 Å². The van der Waals surface area contributed by atoms with E-state index in [0.29, 0.717) is 0 Å². The highest BCUT2D eigenvalue weighted by atomic mass is 28.4. The first-order valence-electron chi connectivity index (χ1n) is 4.82. The fourth-order valence-corrected chi connectivity index (χ4v) is 10.4. The third kappa shape index (κ3) is 3.19. The van der Waals surface area contributed by atoms with Gasteiger partial charge in [0, 0.05) is 0 Å². The highest BCUT2D eigenvalue weighted by Gasteiger charge is 2.19. The summed E-state index contributed by atoms with van der Waals surface area (Å²) in [5, 5.41) is 1.23. The van der Waals surface area contributed by atoms with E-state index in [1.165, 1.54) is 10.8 Å². The zero-order chi connectivity index (χ0) is 10.5. The van der Waals surface area contributed by atoms with Crippen LogP contribution in [0.4, 0.5) is 0 Å². The van der Waals surface area contributed by atoms with Crippen molar-refractivity contribution in [1.82, 2.24) is 0 Å². The van der Waals surface area contributed by atoms with Gasteiger partial charge in [-0.1, -0.05) is 24.3 Å². The summed E-state index contributed by atoms with van der Waals surface area (Å²) < 4.78 is 22.3. The molecular weight excluding hydrogens is 260 g/mol. The van der Waals surface area contributed by atoms with E-state index in [4.69, 9.17) is 16.5 Å². The Kier molecular flexibility index (Phi) is 4.46. The molecule has 0 unspecified atom stereocenters. The van der Waals surface area contributed by atoms with Crippen LogP contribution in [0.3, 0.4) is 0 Å². The lowest BCUT2D eigenvalue weighted by atomic mass is 10.2. The molecule has 1 heterocycles. The highest BCUT2D eigenvalue weighted by molar-refractivity contribution is 6.70. The van der Waals surface area contributed by atoms with E-state index in [0.717, 1.165) is 0 Å². The molecule has 0 N–H and O–H groups in total. The zero-order valence-corrected chi connectivity index (χ0v) is 14.0. The van der Waals surface area contributed by atoms with Crippen molar-refractivity contribution >= 4 is 44.5 Å². The molecule has 1 saturated heterocycles. The van der Waals surface area contributed by atoms with E-state index >= 15 is 0 Å². The van der Waals surface area contributed by atoms with Crippen molar-refractivity contribution in [3.63, 3.8) is 0 Å². The third-order valence-electron chi connectivity index (χ3n) is 2.21. The van der Waals surface area contributed by atoms with Gasteiger partial charge in [0.05, 0.1) is 0 Å². The van der Waals surface area contributed by atoms with E-state index < -0.39 is 39.3 Å². The smallest absolute Gasteiger partial charge is 0.337 e. The molecule has 4 nitrogen and oxygen atoms in total. The molecule has 0 bridgehead atoms. The van der Waals surface area contributed by atoms with Gasteiger partial charge in [0.25, 0.3) is 30.0 Å². The van der Waals surface area contributed by atoms with E-state index in [9.17, 15) is 0 Å². The van der Waals surface area contributed by atoms with Crippen molar-refractivity contribution in [2.45, 2.75) is 6.92 Å². The maximum Gasteiger partial charge on any atom is 0.337 e.